The van der Waals surface area contributed by atoms with Crippen LogP contribution in [0.1, 0.15) is 32.6 Å². The van der Waals surface area contributed by atoms with E-state index in [2.05, 4.69) is 10.6 Å². The Hall–Kier alpha value is -2.09. The number of carbonyl (C=O) groups excluding carboxylic acids is 2. The Balaban J connectivity index is 1.92. The average Bonchev–Trinajstić information content (AvgIpc) is 3.13. The van der Waals surface area contributed by atoms with Crippen LogP contribution in [0.25, 0.3) is 0 Å². The number of halogens is 3. The standard InChI is InChI=1S/C18H24F3N3O2/c1-2-9-24(16(26)6-3-12-7-8-22-10-12)11-15(25)23-14-5-4-13(19)17(20)18(14)21/h4-5,12,22H,2-3,6-11H2,1H3,(H,23,25). The van der Waals surface area contributed by atoms with Gasteiger partial charge >= 0.3 is 0 Å². The third-order valence-electron chi connectivity index (χ3n) is 4.42. The maximum Gasteiger partial charge on any atom is 0.244 e. The number of anilines is 1. The summed E-state index contributed by atoms with van der Waals surface area (Å²) in [4.78, 5) is 25.9. The summed E-state index contributed by atoms with van der Waals surface area (Å²) >= 11 is 0. The van der Waals surface area contributed by atoms with Crippen molar-refractivity contribution in [3.63, 3.8) is 0 Å². The molecule has 2 amide bonds. The molecule has 0 aromatic heterocycles. The Labute approximate surface area is 150 Å². The second-order valence-electron chi connectivity index (χ2n) is 6.48. The molecular weight excluding hydrogens is 347 g/mol. The minimum atomic E-state index is -1.64. The summed E-state index contributed by atoms with van der Waals surface area (Å²) in [6, 6.07) is 1.68. The van der Waals surface area contributed by atoms with Gasteiger partial charge in [0.15, 0.2) is 17.5 Å². The smallest absolute Gasteiger partial charge is 0.244 e. The van der Waals surface area contributed by atoms with E-state index in [-0.39, 0.29) is 12.5 Å². The molecule has 144 valence electrons. The molecule has 2 rings (SSSR count). The number of benzene rings is 1. The number of hydrogen-bond acceptors (Lipinski definition) is 3. The fourth-order valence-electron chi connectivity index (χ4n) is 2.99. The molecule has 1 aliphatic heterocycles. The normalized spacial score (nSPS) is 16.5. The van der Waals surface area contributed by atoms with E-state index in [0.717, 1.165) is 38.1 Å². The van der Waals surface area contributed by atoms with E-state index in [0.29, 0.717) is 25.3 Å². The maximum absolute atomic E-state index is 13.6. The van der Waals surface area contributed by atoms with E-state index in [1.165, 1.54) is 4.90 Å². The first kappa shape index (κ1) is 20.2. The van der Waals surface area contributed by atoms with E-state index in [1.807, 2.05) is 6.92 Å². The molecule has 1 aliphatic rings. The van der Waals surface area contributed by atoms with Crippen LogP contribution in [0, 0.1) is 23.4 Å². The van der Waals surface area contributed by atoms with E-state index in [1.54, 1.807) is 0 Å². The van der Waals surface area contributed by atoms with Gasteiger partial charge in [0.05, 0.1) is 12.2 Å². The van der Waals surface area contributed by atoms with Crippen LogP contribution >= 0.6 is 0 Å². The predicted molar refractivity (Wildman–Crippen MR) is 92.0 cm³/mol. The lowest BCUT2D eigenvalue weighted by molar-refractivity contribution is -0.135. The van der Waals surface area contributed by atoms with E-state index >= 15 is 0 Å². The van der Waals surface area contributed by atoms with Crippen molar-refractivity contribution >= 4 is 17.5 Å². The molecule has 0 radical (unpaired) electrons. The highest BCUT2D eigenvalue weighted by Gasteiger charge is 2.21. The molecule has 2 N–H and O–H groups in total. The van der Waals surface area contributed by atoms with Crippen LogP contribution in [0.4, 0.5) is 18.9 Å². The number of nitrogens with zero attached hydrogens (tertiary/aromatic N) is 1. The zero-order valence-electron chi connectivity index (χ0n) is 14.8. The fraction of sp³-hybridized carbons (Fsp3) is 0.556. The molecule has 1 unspecified atom stereocenters. The van der Waals surface area contributed by atoms with Gasteiger partial charge in [-0.1, -0.05) is 6.92 Å². The van der Waals surface area contributed by atoms with Crippen LogP contribution < -0.4 is 10.6 Å². The fourth-order valence-corrected chi connectivity index (χ4v) is 2.99. The molecule has 1 heterocycles. The van der Waals surface area contributed by atoms with Gasteiger partial charge in [-0.15, -0.1) is 0 Å². The first-order valence-electron chi connectivity index (χ1n) is 8.84. The molecule has 0 bridgehead atoms. The van der Waals surface area contributed by atoms with Crippen molar-refractivity contribution in [1.82, 2.24) is 10.2 Å². The highest BCUT2D eigenvalue weighted by Crippen LogP contribution is 2.20. The summed E-state index contributed by atoms with van der Waals surface area (Å²) in [6.07, 6.45) is 2.81. The summed E-state index contributed by atoms with van der Waals surface area (Å²) in [7, 11) is 0. The lowest BCUT2D eigenvalue weighted by Crippen LogP contribution is -2.38. The molecule has 1 saturated heterocycles. The van der Waals surface area contributed by atoms with E-state index in [9.17, 15) is 22.8 Å². The molecule has 1 aromatic carbocycles. The van der Waals surface area contributed by atoms with Gasteiger partial charge in [-0.3, -0.25) is 9.59 Å². The van der Waals surface area contributed by atoms with Crippen molar-refractivity contribution in [1.29, 1.82) is 0 Å². The number of amides is 2. The maximum atomic E-state index is 13.6. The van der Waals surface area contributed by atoms with E-state index in [4.69, 9.17) is 0 Å². The van der Waals surface area contributed by atoms with Crippen LogP contribution in [0.3, 0.4) is 0 Å². The summed E-state index contributed by atoms with van der Waals surface area (Å²) < 4.78 is 39.8. The predicted octanol–water partition coefficient (Wildman–Crippen LogP) is 2.67. The third kappa shape index (κ3) is 5.45. The first-order chi connectivity index (χ1) is 12.4. The molecule has 1 fully saturated rings. The second kappa shape index (κ2) is 9.56. The van der Waals surface area contributed by atoms with Crippen molar-refractivity contribution in [3.8, 4) is 0 Å². The van der Waals surface area contributed by atoms with Crippen molar-refractivity contribution < 1.29 is 22.8 Å². The van der Waals surface area contributed by atoms with Crippen molar-refractivity contribution in [2.75, 3.05) is 31.5 Å². The minimum Gasteiger partial charge on any atom is -0.333 e. The molecule has 1 atom stereocenters. The molecule has 0 spiro atoms. The van der Waals surface area contributed by atoms with Crippen molar-refractivity contribution in [2.24, 2.45) is 5.92 Å². The Morgan fingerprint density at radius 2 is 2.04 bits per heavy atom. The molecule has 0 saturated carbocycles. The summed E-state index contributed by atoms with van der Waals surface area (Å²) in [5.74, 6) is -4.76. The number of nitrogens with one attached hydrogen (secondary N) is 2. The zero-order chi connectivity index (χ0) is 19.1. The van der Waals surface area contributed by atoms with Crippen LogP contribution in [0.5, 0.6) is 0 Å². The lowest BCUT2D eigenvalue weighted by atomic mass is 10.0. The average molecular weight is 371 g/mol. The Morgan fingerprint density at radius 1 is 1.27 bits per heavy atom. The summed E-state index contributed by atoms with van der Waals surface area (Å²) in [5, 5.41) is 5.44. The monoisotopic (exact) mass is 371 g/mol. The number of hydrogen-bond donors (Lipinski definition) is 2. The topological polar surface area (TPSA) is 61.4 Å². The van der Waals surface area contributed by atoms with Gasteiger partial charge in [-0.25, -0.2) is 13.2 Å². The Morgan fingerprint density at radius 3 is 2.69 bits per heavy atom. The second-order valence-corrected chi connectivity index (χ2v) is 6.48. The first-order valence-corrected chi connectivity index (χ1v) is 8.84. The van der Waals surface area contributed by atoms with Gasteiger partial charge in [0.25, 0.3) is 0 Å². The van der Waals surface area contributed by atoms with Crippen LogP contribution in [-0.4, -0.2) is 42.9 Å². The Kier molecular flexibility index (Phi) is 7.44. The molecule has 26 heavy (non-hydrogen) atoms. The third-order valence-corrected chi connectivity index (χ3v) is 4.42. The van der Waals surface area contributed by atoms with Crippen LogP contribution in [0.15, 0.2) is 12.1 Å². The number of rotatable bonds is 8. The number of carbonyl (C=O) groups is 2. The zero-order valence-corrected chi connectivity index (χ0v) is 14.8. The van der Waals surface area contributed by atoms with Gasteiger partial charge in [-0.05, 0) is 50.4 Å². The molecule has 1 aromatic rings. The van der Waals surface area contributed by atoms with Gasteiger partial charge in [-0.2, -0.15) is 0 Å². The SMILES string of the molecule is CCCN(CC(=O)Nc1ccc(F)c(F)c1F)C(=O)CCC1CCNC1. The minimum absolute atomic E-state index is 0.139. The van der Waals surface area contributed by atoms with Gasteiger partial charge in [0, 0.05) is 13.0 Å². The van der Waals surface area contributed by atoms with Crippen LogP contribution in [-0.2, 0) is 9.59 Å². The highest BCUT2D eigenvalue weighted by molar-refractivity contribution is 5.94. The molecule has 5 nitrogen and oxygen atoms in total. The molecule has 0 aliphatic carbocycles. The lowest BCUT2D eigenvalue weighted by Gasteiger charge is -2.22. The van der Waals surface area contributed by atoms with Crippen molar-refractivity contribution in [2.45, 2.75) is 32.6 Å². The molecule has 8 heteroatoms. The summed E-state index contributed by atoms with van der Waals surface area (Å²) in [6.45, 7) is 3.88. The quantitative estimate of drug-likeness (QED) is 0.691. The van der Waals surface area contributed by atoms with Gasteiger partial charge in [0.2, 0.25) is 11.8 Å². The molecular formula is C18H24F3N3O2. The van der Waals surface area contributed by atoms with Gasteiger partial charge < -0.3 is 15.5 Å². The summed E-state index contributed by atoms with van der Waals surface area (Å²) in [5.41, 5.74) is -0.449. The largest absolute Gasteiger partial charge is 0.333 e. The van der Waals surface area contributed by atoms with Crippen LogP contribution in [0.2, 0.25) is 0 Å². The van der Waals surface area contributed by atoms with Gasteiger partial charge in [0.1, 0.15) is 0 Å². The van der Waals surface area contributed by atoms with Crippen molar-refractivity contribution in [3.05, 3.63) is 29.6 Å². The Bertz CT molecular complexity index is 649. The highest BCUT2D eigenvalue weighted by atomic mass is 19.2. The van der Waals surface area contributed by atoms with E-state index < -0.39 is 29.0 Å².